The summed E-state index contributed by atoms with van der Waals surface area (Å²) in [5.74, 6) is 0. The largest absolute Gasteiger partial charge is 0.305 e. The highest BCUT2D eigenvalue weighted by Gasteiger charge is 2.25. The van der Waals surface area contributed by atoms with E-state index in [4.69, 9.17) is 0 Å². The van der Waals surface area contributed by atoms with Gasteiger partial charge in [0.1, 0.15) is 0 Å². The lowest BCUT2D eigenvalue weighted by Gasteiger charge is -2.32. The molecular weight excluding hydrogens is 318 g/mol. The normalized spacial score (nSPS) is 13.5. The van der Waals surface area contributed by atoms with E-state index < -0.39 is 0 Å². The maximum atomic E-state index is 3.70. The molecule has 102 valence electrons. The third kappa shape index (κ3) is 4.16. The van der Waals surface area contributed by atoms with Crippen molar-refractivity contribution >= 4 is 27.3 Å². The van der Waals surface area contributed by atoms with Gasteiger partial charge in [-0.05, 0) is 39.0 Å². The summed E-state index contributed by atoms with van der Waals surface area (Å²) < 4.78 is 1.19. The van der Waals surface area contributed by atoms with Gasteiger partial charge >= 0.3 is 0 Å². The van der Waals surface area contributed by atoms with Crippen LogP contribution in [-0.2, 0) is 6.54 Å². The van der Waals surface area contributed by atoms with Crippen molar-refractivity contribution in [2.75, 3.05) is 0 Å². The zero-order valence-electron chi connectivity index (χ0n) is 11.6. The summed E-state index contributed by atoms with van der Waals surface area (Å²) >= 11 is 5.30. The van der Waals surface area contributed by atoms with Gasteiger partial charge in [0.2, 0.25) is 0 Å². The number of benzene rings is 1. The molecule has 0 amide bonds. The predicted molar refractivity (Wildman–Crippen MR) is 87.5 cm³/mol. The van der Waals surface area contributed by atoms with Crippen LogP contribution in [0.25, 0.3) is 0 Å². The molecule has 1 atom stereocenters. The molecule has 0 fully saturated rings. The molecule has 0 aliphatic carbocycles. The highest BCUT2D eigenvalue weighted by Crippen LogP contribution is 2.33. The second kappa shape index (κ2) is 6.21. The lowest BCUT2D eigenvalue weighted by Crippen LogP contribution is -2.31. The fourth-order valence-electron chi connectivity index (χ4n) is 2.22. The van der Waals surface area contributed by atoms with E-state index in [1.54, 1.807) is 11.3 Å². The average molecular weight is 338 g/mol. The first-order valence-corrected chi connectivity index (χ1v) is 8.10. The number of nitrogens with one attached hydrogen (secondary N) is 1. The number of halogens is 1. The third-order valence-electron chi connectivity index (χ3n) is 3.11. The van der Waals surface area contributed by atoms with Crippen LogP contribution in [0.2, 0.25) is 0 Å². The molecule has 0 saturated carbocycles. The van der Waals surface area contributed by atoms with E-state index in [9.17, 15) is 0 Å². The quantitative estimate of drug-likeness (QED) is 0.788. The number of rotatable bonds is 4. The highest BCUT2D eigenvalue weighted by atomic mass is 79.9. The first-order valence-electron chi connectivity index (χ1n) is 6.49. The number of hydrogen-bond donors (Lipinski definition) is 1. The number of hydrogen-bond acceptors (Lipinski definition) is 2. The Morgan fingerprint density at radius 2 is 1.79 bits per heavy atom. The van der Waals surface area contributed by atoms with Gasteiger partial charge in [-0.3, -0.25) is 0 Å². The van der Waals surface area contributed by atoms with Gasteiger partial charge in [0.05, 0.1) is 3.79 Å². The van der Waals surface area contributed by atoms with E-state index in [1.807, 2.05) is 0 Å². The fraction of sp³-hybridized carbons (Fsp3) is 0.375. The maximum Gasteiger partial charge on any atom is 0.0701 e. The molecule has 1 nitrogen and oxygen atoms in total. The van der Waals surface area contributed by atoms with Crippen molar-refractivity contribution in [3.05, 3.63) is 56.7 Å². The van der Waals surface area contributed by atoms with Crippen LogP contribution in [0.15, 0.2) is 46.3 Å². The molecule has 1 aromatic heterocycles. The Hall–Kier alpha value is -0.640. The summed E-state index contributed by atoms with van der Waals surface area (Å²) in [6, 6.07) is 15.3. The molecule has 0 bridgehead atoms. The Balaban J connectivity index is 2.11. The summed E-state index contributed by atoms with van der Waals surface area (Å²) in [5.41, 5.74) is 1.54. The van der Waals surface area contributed by atoms with Crippen LogP contribution in [-0.4, -0.2) is 0 Å². The highest BCUT2D eigenvalue weighted by molar-refractivity contribution is 9.11. The van der Waals surface area contributed by atoms with E-state index in [0.29, 0.717) is 6.04 Å². The third-order valence-corrected chi connectivity index (χ3v) is 4.73. The van der Waals surface area contributed by atoms with E-state index in [-0.39, 0.29) is 5.41 Å². The minimum absolute atomic E-state index is 0.190. The second-order valence-corrected chi connectivity index (χ2v) is 8.34. The van der Waals surface area contributed by atoms with Crippen LogP contribution in [0.1, 0.15) is 37.3 Å². The standard InChI is InChI=1S/C16H20BrNS/c1-16(2,3)15(12-7-5-4-6-8-12)18-11-13-9-10-14(17)19-13/h4-10,15,18H,11H2,1-3H3. The minimum Gasteiger partial charge on any atom is -0.305 e. The Labute approximate surface area is 128 Å². The Bertz CT molecular complexity index is 513. The SMILES string of the molecule is CC(C)(C)C(NCc1ccc(Br)s1)c1ccccc1. The summed E-state index contributed by atoms with van der Waals surface area (Å²) in [6.07, 6.45) is 0. The Morgan fingerprint density at radius 3 is 2.32 bits per heavy atom. The van der Waals surface area contributed by atoms with Crippen LogP contribution < -0.4 is 5.32 Å². The molecule has 0 spiro atoms. The molecule has 0 saturated heterocycles. The molecule has 1 heterocycles. The lowest BCUT2D eigenvalue weighted by atomic mass is 9.82. The minimum atomic E-state index is 0.190. The van der Waals surface area contributed by atoms with Crippen molar-refractivity contribution in [3.63, 3.8) is 0 Å². The average Bonchev–Trinajstić information content (AvgIpc) is 2.75. The first kappa shape index (κ1) is 14.8. The molecule has 2 rings (SSSR count). The van der Waals surface area contributed by atoms with Crippen LogP contribution >= 0.6 is 27.3 Å². The molecule has 0 radical (unpaired) electrons. The van der Waals surface area contributed by atoms with E-state index in [1.165, 1.54) is 14.2 Å². The molecule has 1 N–H and O–H groups in total. The smallest absolute Gasteiger partial charge is 0.0701 e. The van der Waals surface area contributed by atoms with Gasteiger partial charge in [0.15, 0.2) is 0 Å². The molecule has 0 aliphatic heterocycles. The van der Waals surface area contributed by atoms with Crippen molar-refractivity contribution in [3.8, 4) is 0 Å². The van der Waals surface area contributed by atoms with Crippen molar-refractivity contribution in [2.24, 2.45) is 5.41 Å². The Kier molecular flexibility index (Phi) is 4.82. The summed E-state index contributed by atoms with van der Waals surface area (Å²) in [5, 5.41) is 3.70. The van der Waals surface area contributed by atoms with Gasteiger partial charge in [-0.2, -0.15) is 0 Å². The predicted octanol–water partition coefficient (Wildman–Crippen LogP) is 5.39. The van der Waals surface area contributed by atoms with E-state index in [2.05, 4.69) is 84.5 Å². The van der Waals surface area contributed by atoms with Gasteiger partial charge in [-0.1, -0.05) is 51.1 Å². The molecule has 2 aromatic rings. The second-order valence-electron chi connectivity index (χ2n) is 5.80. The van der Waals surface area contributed by atoms with E-state index >= 15 is 0 Å². The van der Waals surface area contributed by atoms with Crippen molar-refractivity contribution < 1.29 is 0 Å². The summed E-state index contributed by atoms with van der Waals surface area (Å²) in [4.78, 5) is 1.36. The van der Waals surface area contributed by atoms with Crippen LogP contribution in [0.5, 0.6) is 0 Å². The van der Waals surface area contributed by atoms with Crippen LogP contribution in [0, 0.1) is 5.41 Å². The van der Waals surface area contributed by atoms with Crippen molar-refractivity contribution in [1.82, 2.24) is 5.32 Å². The zero-order valence-corrected chi connectivity index (χ0v) is 14.0. The molecule has 3 heteroatoms. The van der Waals surface area contributed by atoms with E-state index in [0.717, 1.165) is 6.54 Å². The Morgan fingerprint density at radius 1 is 1.11 bits per heavy atom. The topological polar surface area (TPSA) is 12.0 Å². The van der Waals surface area contributed by atoms with Gasteiger partial charge < -0.3 is 5.32 Å². The molecule has 0 aliphatic rings. The molecular formula is C16H20BrNS. The maximum absolute atomic E-state index is 3.70. The lowest BCUT2D eigenvalue weighted by molar-refractivity contribution is 0.271. The zero-order chi connectivity index (χ0) is 13.9. The van der Waals surface area contributed by atoms with Crippen molar-refractivity contribution in [2.45, 2.75) is 33.4 Å². The summed E-state index contributed by atoms with van der Waals surface area (Å²) in [6.45, 7) is 7.75. The fourth-order valence-corrected chi connectivity index (χ4v) is 3.65. The van der Waals surface area contributed by atoms with Gasteiger partial charge in [-0.15, -0.1) is 11.3 Å². The van der Waals surface area contributed by atoms with Crippen molar-refractivity contribution in [1.29, 1.82) is 0 Å². The molecule has 1 aromatic carbocycles. The van der Waals surface area contributed by atoms with Crippen LogP contribution in [0.3, 0.4) is 0 Å². The number of thiophene rings is 1. The van der Waals surface area contributed by atoms with Gasteiger partial charge in [0.25, 0.3) is 0 Å². The molecule has 1 unspecified atom stereocenters. The molecule has 19 heavy (non-hydrogen) atoms. The summed E-state index contributed by atoms with van der Waals surface area (Å²) in [7, 11) is 0. The van der Waals surface area contributed by atoms with Gasteiger partial charge in [0, 0.05) is 17.5 Å². The first-order chi connectivity index (χ1) is 8.97. The van der Waals surface area contributed by atoms with Crippen LogP contribution in [0.4, 0.5) is 0 Å². The van der Waals surface area contributed by atoms with Gasteiger partial charge in [-0.25, -0.2) is 0 Å². The monoisotopic (exact) mass is 337 g/mol.